The lowest BCUT2D eigenvalue weighted by Gasteiger charge is -2.11. The third-order valence-corrected chi connectivity index (χ3v) is 4.10. The topological polar surface area (TPSA) is 34.0 Å². The monoisotopic (exact) mass is 234 g/mol. The molecule has 0 spiro atoms. The lowest BCUT2D eigenvalue weighted by molar-refractivity contribution is 0.340. The minimum absolute atomic E-state index is 0.777. The molecule has 3 heterocycles. The fourth-order valence-electron chi connectivity index (χ4n) is 3.05. The molecule has 2 aliphatic rings. The summed E-state index contributed by atoms with van der Waals surface area (Å²) >= 11 is 0. The summed E-state index contributed by atoms with van der Waals surface area (Å²) in [5.41, 5.74) is 0. The molecule has 1 saturated heterocycles. The summed E-state index contributed by atoms with van der Waals surface area (Å²) in [6.07, 6.45) is 6.07. The number of hydrogen-bond donors (Lipinski definition) is 0. The van der Waals surface area contributed by atoms with E-state index >= 15 is 0 Å². The Balaban J connectivity index is 1.63. The molecule has 2 aliphatic heterocycles. The van der Waals surface area contributed by atoms with Gasteiger partial charge in [-0.3, -0.25) is 0 Å². The molecule has 0 amide bonds. The van der Waals surface area contributed by atoms with Crippen molar-refractivity contribution in [2.75, 3.05) is 19.6 Å². The molecule has 4 heteroatoms. The molecule has 4 nitrogen and oxygen atoms in total. The number of rotatable bonds is 3. The Kier molecular flexibility index (Phi) is 3.14. The highest BCUT2D eigenvalue weighted by atomic mass is 15.3. The van der Waals surface area contributed by atoms with E-state index in [0.717, 1.165) is 31.1 Å². The highest BCUT2D eigenvalue weighted by Crippen LogP contribution is 2.20. The van der Waals surface area contributed by atoms with Gasteiger partial charge >= 0.3 is 0 Å². The van der Waals surface area contributed by atoms with Gasteiger partial charge in [-0.05, 0) is 38.3 Å². The zero-order chi connectivity index (χ0) is 11.7. The van der Waals surface area contributed by atoms with Gasteiger partial charge in [-0.2, -0.15) is 5.10 Å². The summed E-state index contributed by atoms with van der Waals surface area (Å²) in [5.74, 6) is 3.08. The first-order chi connectivity index (χ1) is 8.35. The van der Waals surface area contributed by atoms with Crippen molar-refractivity contribution in [3.8, 4) is 0 Å². The summed E-state index contributed by atoms with van der Waals surface area (Å²) in [5, 5.41) is 4.65. The van der Waals surface area contributed by atoms with Crippen LogP contribution < -0.4 is 0 Å². The molecule has 0 saturated carbocycles. The standard InChI is InChI=1S/C13H22N4/c1-2-16-8-6-11(10-16)9-12-14-13-5-3-4-7-17(13)15-12/h11H,2-10H2,1H3. The largest absolute Gasteiger partial charge is 0.303 e. The van der Waals surface area contributed by atoms with Crippen molar-refractivity contribution in [3.05, 3.63) is 11.6 Å². The van der Waals surface area contributed by atoms with Gasteiger partial charge in [0, 0.05) is 25.9 Å². The van der Waals surface area contributed by atoms with Crippen LogP contribution in [-0.4, -0.2) is 39.3 Å². The van der Waals surface area contributed by atoms with E-state index in [0.29, 0.717) is 0 Å². The Bertz CT molecular complexity index is 361. The third kappa shape index (κ3) is 2.37. The maximum absolute atomic E-state index is 4.70. The molecular formula is C13H22N4. The molecule has 0 radical (unpaired) electrons. The van der Waals surface area contributed by atoms with Gasteiger partial charge in [0.1, 0.15) is 5.82 Å². The van der Waals surface area contributed by atoms with E-state index in [2.05, 4.69) is 21.6 Å². The van der Waals surface area contributed by atoms with E-state index in [-0.39, 0.29) is 0 Å². The van der Waals surface area contributed by atoms with Gasteiger partial charge < -0.3 is 4.90 Å². The summed E-state index contributed by atoms with van der Waals surface area (Å²) in [6, 6.07) is 0. The maximum Gasteiger partial charge on any atom is 0.151 e. The van der Waals surface area contributed by atoms with Crippen LogP contribution in [0.1, 0.15) is 37.8 Å². The van der Waals surface area contributed by atoms with E-state index in [1.807, 2.05) is 0 Å². The number of aryl methyl sites for hydroxylation is 2. The third-order valence-electron chi connectivity index (χ3n) is 4.10. The fraction of sp³-hybridized carbons (Fsp3) is 0.846. The second-order valence-electron chi connectivity index (χ2n) is 5.38. The van der Waals surface area contributed by atoms with Gasteiger partial charge in [0.25, 0.3) is 0 Å². The Morgan fingerprint density at radius 3 is 3.00 bits per heavy atom. The lowest BCUT2D eigenvalue weighted by atomic mass is 10.1. The Labute approximate surface area is 103 Å². The van der Waals surface area contributed by atoms with E-state index in [4.69, 9.17) is 4.98 Å². The van der Waals surface area contributed by atoms with E-state index < -0.39 is 0 Å². The average molecular weight is 234 g/mol. The summed E-state index contributed by atoms with van der Waals surface area (Å²) in [6.45, 7) is 7.00. The van der Waals surface area contributed by atoms with Crippen molar-refractivity contribution in [1.29, 1.82) is 0 Å². The van der Waals surface area contributed by atoms with Crippen molar-refractivity contribution in [2.24, 2.45) is 5.92 Å². The normalized spacial score (nSPS) is 25.1. The second kappa shape index (κ2) is 4.77. The summed E-state index contributed by atoms with van der Waals surface area (Å²) in [4.78, 5) is 7.23. The highest BCUT2D eigenvalue weighted by Gasteiger charge is 2.23. The number of likely N-dealkylation sites (tertiary alicyclic amines) is 1. The van der Waals surface area contributed by atoms with Crippen molar-refractivity contribution < 1.29 is 0 Å². The van der Waals surface area contributed by atoms with Crippen LogP contribution in [0.2, 0.25) is 0 Å². The number of aromatic nitrogens is 3. The maximum atomic E-state index is 4.70. The molecule has 17 heavy (non-hydrogen) atoms. The quantitative estimate of drug-likeness (QED) is 0.795. The molecule has 3 rings (SSSR count). The van der Waals surface area contributed by atoms with Crippen LogP contribution in [-0.2, 0) is 19.4 Å². The van der Waals surface area contributed by atoms with Gasteiger partial charge in [-0.25, -0.2) is 9.67 Å². The Morgan fingerprint density at radius 2 is 2.24 bits per heavy atom. The van der Waals surface area contributed by atoms with E-state index in [1.165, 1.54) is 44.7 Å². The van der Waals surface area contributed by atoms with Crippen LogP contribution in [0, 0.1) is 5.92 Å². The minimum atomic E-state index is 0.777. The fourth-order valence-corrected chi connectivity index (χ4v) is 3.05. The number of nitrogens with zero attached hydrogens (tertiary/aromatic N) is 4. The number of fused-ring (bicyclic) bond motifs is 1. The summed E-state index contributed by atoms with van der Waals surface area (Å²) < 4.78 is 2.13. The average Bonchev–Trinajstić information content (AvgIpc) is 2.94. The minimum Gasteiger partial charge on any atom is -0.303 e. The molecule has 0 bridgehead atoms. The molecule has 1 fully saturated rings. The predicted octanol–water partition coefficient (Wildman–Crippen LogP) is 1.50. The lowest BCUT2D eigenvalue weighted by Crippen LogP contribution is -2.20. The van der Waals surface area contributed by atoms with Crippen molar-refractivity contribution in [3.63, 3.8) is 0 Å². The molecule has 1 unspecified atom stereocenters. The SMILES string of the molecule is CCN1CCC(Cc2nc3n(n2)CCCC3)C1. The van der Waals surface area contributed by atoms with Crippen LogP contribution in [0.4, 0.5) is 0 Å². The van der Waals surface area contributed by atoms with Crippen molar-refractivity contribution in [2.45, 2.75) is 45.6 Å². The zero-order valence-electron chi connectivity index (χ0n) is 10.7. The van der Waals surface area contributed by atoms with E-state index in [9.17, 15) is 0 Å². The smallest absolute Gasteiger partial charge is 0.151 e. The van der Waals surface area contributed by atoms with Crippen LogP contribution in [0.25, 0.3) is 0 Å². The van der Waals surface area contributed by atoms with Crippen LogP contribution in [0.5, 0.6) is 0 Å². The van der Waals surface area contributed by atoms with Gasteiger partial charge in [-0.1, -0.05) is 6.92 Å². The summed E-state index contributed by atoms with van der Waals surface area (Å²) in [7, 11) is 0. The van der Waals surface area contributed by atoms with Gasteiger partial charge in [-0.15, -0.1) is 0 Å². The molecule has 0 N–H and O–H groups in total. The molecule has 1 aromatic rings. The first-order valence-electron chi connectivity index (χ1n) is 7.00. The zero-order valence-corrected chi connectivity index (χ0v) is 10.7. The van der Waals surface area contributed by atoms with E-state index in [1.54, 1.807) is 0 Å². The second-order valence-corrected chi connectivity index (χ2v) is 5.38. The van der Waals surface area contributed by atoms with Gasteiger partial charge in [0.2, 0.25) is 0 Å². The highest BCUT2D eigenvalue weighted by molar-refractivity contribution is 4.97. The first kappa shape index (κ1) is 11.2. The molecule has 1 aromatic heterocycles. The van der Waals surface area contributed by atoms with Crippen LogP contribution in [0.3, 0.4) is 0 Å². The van der Waals surface area contributed by atoms with Gasteiger partial charge in [0.05, 0.1) is 0 Å². The Hall–Kier alpha value is -0.900. The first-order valence-corrected chi connectivity index (χ1v) is 7.00. The van der Waals surface area contributed by atoms with Crippen molar-refractivity contribution >= 4 is 0 Å². The number of hydrogen-bond acceptors (Lipinski definition) is 3. The molecular weight excluding hydrogens is 212 g/mol. The molecule has 1 atom stereocenters. The van der Waals surface area contributed by atoms with Crippen molar-refractivity contribution in [1.82, 2.24) is 19.7 Å². The Morgan fingerprint density at radius 1 is 1.29 bits per heavy atom. The molecule has 0 aliphatic carbocycles. The van der Waals surface area contributed by atoms with Crippen LogP contribution in [0.15, 0.2) is 0 Å². The molecule has 94 valence electrons. The predicted molar refractivity (Wildman–Crippen MR) is 66.9 cm³/mol. The molecule has 0 aromatic carbocycles. The van der Waals surface area contributed by atoms with Gasteiger partial charge in [0.15, 0.2) is 5.82 Å². The van der Waals surface area contributed by atoms with Crippen LogP contribution >= 0.6 is 0 Å².